The second-order valence-electron chi connectivity index (χ2n) is 3.60. The summed E-state index contributed by atoms with van der Waals surface area (Å²) in [5, 5.41) is 4.30. The predicted octanol–water partition coefficient (Wildman–Crippen LogP) is 3.10. The predicted molar refractivity (Wildman–Crippen MR) is 67.7 cm³/mol. The fourth-order valence-corrected chi connectivity index (χ4v) is 2.34. The van der Waals surface area contributed by atoms with Crippen molar-refractivity contribution in [2.75, 3.05) is 5.32 Å². The van der Waals surface area contributed by atoms with E-state index in [1.807, 2.05) is 18.5 Å². The largest absolute Gasteiger partial charge is 0.357 e. The molecule has 0 atom stereocenters. The lowest BCUT2D eigenvalue weighted by molar-refractivity contribution is 0.936. The van der Waals surface area contributed by atoms with Crippen LogP contribution in [0.2, 0.25) is 0 Å². The Bertz CT molecular complexity index is 425. The molecule has 0 bridgehead atoms. The van der Waals surface area contributed by atoms with Gasteiger partial charge in [-0.2, -0.15) is 0 Å². The first-order chi connectivity index (χ1) is 7.88. The maximum Gasteiger partial charge on any atom is 0.183 e. The number of nitrogens with zero attached hydrogens (tertiary/aromatic N) is 2. The summed E-state index contributed by atoms with van der Waals surface area (Å²) in [6, 6.07) is 4.00. The van der Waals surface area contributed by atoms with Gasteiger partial charge < -0.3 is 5.32 Å². The van der Waals surface area contributed by atoms with Gasteiger partial charge in [-0.3, -0.25) is 4.98 Å². The summed E-state index contributed by atoms with van der Waals surface area (Å²) in [5.74, 6) is 0. The molecule has 4 heteroatoms. The van der Waals surface area contributed by atoms with Gasteiger partial charge in [0.15, 0.2) is 5.13 Å². The minimum Gasteiger partial charge on any atom is -0.357 e. The van der Waals surface area contributed by atoms with Gasteiger partial charge in [-0.1, -0.05) is 19.4 Å². The van der Waals surface area contributed by atoms with Crippen LogP contribution in [0.1, 0.15) is 23.8 Å². The van der Waals surface area contributed by atoms with Crippen molar-refractivity contribution in [3.05, 3.63) is 41.2 Å². The Morgan fingerprint density at radius 2 is 2.31 bits per heavy atom. The van der Waals surface area contributed by atoms with Crippen LogP contribution in [0.4, 0.5) is 5.13 Å². The Morgan fingerprint density at radius 1 is 1.38 bits per heavy atom. The first-order valence-corrected chi connectivity index (χ1v) is 6.27. The number of nitrogens with one attached hydrogen (secondary N) is 1. The molecule has 0 aliphatic rings. The topological polar surface area (TPSA) is 37.8 Å². The number of hydrogen-bond donors (Lipinski definition) is 1. The lowest BCUT2D eigenvalue weighted by atomic mass is 10.3. The van der Waals surface area contributed by atoms with Crippen LogP contribution in [-0.4, -0.2) is 9.97 Å². The maximum atomic E-state index is 4.34. The van der Waals surface area contributed by atoms with Gasteiger partial charge in [-0.05, 0) is 18.1 Å². The SMILES string of the molecule is CCCc1cnc(NCc2cccnc2)s1. The number of thiazole rings is 1. The lowest BCUT2D eigenvalue weighted by Gasteiger charge is -2.01. The van der Waals surface area contributed by atoms with E-state index in [1.54, 1.807) is 17.5 Å². The summed E-state index contributed by atoms with van der Waals surface area (Å²) in [6.45, 7) is 2.97. The molecule has 1 N–H and O–H groups in total. The zero-order valence-corrected chi connectivity index (χ0v) is 10.1. The van der Waals surface area contributed by atoms with E-state index in [9.17, 15) is 0 Å². The van der Waals surface area contributed by atoms with Gasteiger partial charge in [0.25, 0.3) is 0 Å². The van der Waals surface area contributed by atoms with Crippen LogP contribution in [0.3, 0.4) is 0 Å². The van der Waals surface area contributed by atoms with E-state index in [2.05, 4.69) is 28.3 Å². The average molecular weight is 233 g/mol. The van der Waals surface area contributed by atoms with E-state index in [4.69, 9.17) is 0 Å². The van der Waals surface area contributed by atoms with Gasteiger partial charge in [0.2, 0.25) is 0 Å². The van der Waals surface area contributed by atoms with E-state index >= 15 is 0 Å². The number of aromatic nitrogens is 2. The van der Waals surface area contributed by atoms with Gasteiger partial charge in [0, 0.05) is 30.0 Å². The summed E-state index contributed by atoms with van der Waals surface area (Å²) >= 11 is 1.73. The minimum atomic E-state index is 0.785. The Balaban J connectivity index is 1.89. The van der Waals surface area contributed by atoms with Crippen molar-refractivity contribution >= 4 is 16.5 Å². The lowest BCUT2D eigenvalue weighted by Crippen LogP contribution is -1.98. The summed E-state index contributed by atoms with van der Waals surface area (Å²) in [7, 11) is 0. The van der Waals surface area contributed by atoms with Gasteiger partial charge in [-0.25, -0.2) is 4.98 Å². The Morgan fingerprint density at radius 3 is 3.06 bits per heavy atom. The molecule has 0 unspecified atom stereocenters. The summed E-state index contributed by atoms with van der Waals surface area (Å²) in [5.41, 5.74) is 1.18. The molecule has 2 heterocycles. The molecule has 0 aromatic carbocycles. The molecule has 0 aliphatic carbocycles. The summed E-state index contributed by atoms with van der Waals surface area (Å²) in [4.78, 5) is 9.76. The van der Waals surface area contributed by atoms with Crippen LogP contribution >= 0.6 is 11.3 Å². The first kappa shape index (κ1) is 11.1. The van der Waals surface area contributed by atoms with Crippen molar-refractivity contribution in [2.24, 2.45) is 0 Å². The Hall–Kier alpha value is -1.42. The number of hydrogen-bond acceptors (Lipinski definition) is 4. The molecule has 84 valence electrons. The monoisotopic (exact) mass is 233 g/mol. The third kappa shape index (κ3) is 3.03. The fraction of sp³-hybridized carbons (Fsp3) is 0.333. The molecule has 16 heavy (non-hydrogen) atoms. The molecule has 0 saturated heterocycles. The maximum absolute atomic E-state index is 4.34. The van der Waals surface area contributed by atoms with Crippen molar-refractivity contribution in [1.82, 2.24) is 9.97 Å². The molecule has 2 aromatic heterocycles. The third-order valence-corrected chi connectivity index (χ3v) is 3.23. The van der Waals surface area contributed by atoms with Crippen molar-refractivity contribution in [3.8, 4) is 0 Å². The van der Waals surface area contributed by atoms with Crippen molar-refractivity contribution in [3.63, 3.8) is 0 Å². The highest BCUT2D eigenvalue weighted by Gasteiger charge is 2.00. The molecule has 0 radical (unpaired) electrons. The summed E-state index contributed by atoms with van der Waals surface area (Å²) < 4.78 is 0. The van der Waals surface area contributed by atoms with Crippen LogP contribution in [-0.2, 0) is 13.0 Å². The van der Waals surface area contributed by atoms with Crippen molar-refractivity contribution in [1.29, 1.82) is 0 Å². The van der Waals surface area contributed by atoms with Crippen LogP contribution < -0.4 is 5.32 Å². The van der Waals surface area contributed by atoms with Crippen LogP contribution in [0.15, 0.2) is 30.7 Å². The highest BCUT2D eigenvalue weighted by atomic mass is 32.1. The van der Waals surface area contributed by atoms with Crippen LogP contribution in [0, 0.1) is 0 Å². The molecule has 3 nitrogen and oxygen atoms in total. The Kier molecular flexibility index (Phi) is 3.88. The number of anilines is 1. The molecule has 0 saturated carbocycles. The van der Waals surface area contributed by atoms with Gasteiger partial charge in [-0.15, -0.1) is 11.3 Å². The number of aryl methyl sites for hydroxylation is 1. The molecular formula is C12H15N3S. The quantitative estimate of drug-likeness (QED) is 0.862. The average Bonchev–Trinajstić information content (AvgIpc) is 2.76. The van der Waals surface area contributed by atoms with E-state index < -0.39 is 0 Å². The standard InChI is InChI=1S/C12H15N3S/c1-2-4-11-9-15-12(16-11)14-8-10-5-3-6-13-7-10/h3,5-7,9H,2,4,8H2,1H3,(H,14,15). The van der Waals surface area contributed by atoms with Crippen LogP contribution in [0.25, 0.3) is 0 Å². The van der Waals surface area contributed by atoms with Crippen molar-refractivity contribution < 1.29 is 0 Å². The zero-order valence-electron chi connectivity index (χ0n) is 9.31. The number of pyridine rings is 1. The molecule has 2 aromatic rings. The van der Waals surface area contributed by atoms with Crippen molar-refractivity contribution in [2.45, 2.75) is 26.3 Å². The highest BCUT2D eigenvalue weighted by molar-refractivity contribution is 7.15. The van der Waals surface area contributed by atoms with Gasteiger partial charge in [0.1, 0.15) is 0 Å². The van der Waals surface area contributed by atoms with E-state index in [0.717, 1.165) is 18.1 Å². The zero-order chi connectivity index (χ0) is 11.2. The van der Waals surface area contributed by atoms with E-state index in [-0.39, 0.29) is 0 Å². The molecule has 0 aliphatic heterocycles. The number of rotatable bonds is 5. The minimum absolute atomic E-state index is 0.785. The second-order valence-corrected chi connectivity index (χ2v) is 4.71. The third-order valence-electron chi connectivity index (χ3n) is 2.22. The fourth-order valence-electron chi connectivity index (χ4n) is 1.43. The Labute approximate surface area is 99.6 Å². The molecule has 0 amide bonds. The van der Waals surface area contributed by atoms with E-state index in [0.29, 0.717) is 0 Å². The summed E-state index contributed by atoms with van der Waals surface area (Å²) in [6.07, 6.45) is 7.90. The smallest absolute Gasteiger partial charge is 0.183 e. The van der Waals surface area contributed by atoms with Crippen LogP contribution in [0.5, 0.6) is 0 Å². The normalized spacial score (nSPS) is 10.3. The second kappa shape index (κ2) is 5.61. The molecule has 2 rings (SSSR count). The van der Waals surface area contributed by atoms with Gasteiger partial charge in [0.05, 0.1) is 0 Å². The molecule has 0 spiro atoms. The highest BCUT2D eigenvalue weighted by Crippen LogP contribution is 2.19. The first-order valence-electron chi connectivity index (χ1n) is 5.46. The molecular weight excluding hydrogens is 218 g/mol. The van der Waals surface area contributed by atoms with Gasteiger partial charge >= 0.3 is 0 Å². The molecule has 0 fully saturated rings. The van der Waals surface area contributed by atoms with E-state index in [1.165, 1.54) is 16.9 Å².